The van der Waals surface area contributed by atoms with Crippen LogP contribution in [-0.4, -0.2) is 15.0 Å². The Balaban J connectivity index is 1.67. The average Bonchev–Trinajstić information content (AvgIpc) is 3.21. The van der Waals surface area contributed by atoms with Crippen molar-refractivity contribution in [1.82, 2.24) is 15.0 Å². The lowest BCUT2D eigenvalue weighted by atomic mass is 10.1. The molecule has 5 heteroatoms. The molecule has 3 rings (SSSR count). The first-order valence-electron chi connectivity index (χ1n) is 12.5. The second-order valence-electron chi connectivity index (χ2n) is 8.80. The molecule has 0 aliphatic carbocycles. The van der Waals surface area contributed by atoms with Crippen molar-refractivity contribution in [2.75, 3.05) is 0 Å². The summed E-state index contributed by atoms with van der Waals surface area (Å²) in [7, 11) is 0. The van der Waals surface area contributed by atoms with Crippen molar-refractivity contribution < 1.29 is 4.80 Å². The summed E-state index contributed by atoms with van der Waals surface area (Å²) in [5.41, 5.74) is 4.01. The predicted octanol–water partition coefficient (Wildman–Crippen LogP) is 5.86. The molecule has 1 N–H and O–H groups in total. The number of hydrogen-bond donors (Lipinski definition) is 1. The first kappa shape index (κ1) is 24.0. The lowest BCUT2D eigenvalue weighted by molar-refractivity contribution is -0.718. The van der Waals surface area contributed by atoms with Gasteiger partial charge in [0.15, 0.2) is 11.4 Å². The maximum absolute atomic E-state index is 12.6. The number of hydrogen-bond acceptors (Lipinski definition) is 2. The fraction of sp³-hybridized carbons (Fsp3) is 0.519. The molecule has 0 saturated carbocycles. The number of H-pyrrole nitrogens is 1. The normalized spacial score (nSPS) is 11.2. The molecule has 0 aliphatic rings. The van der Waals surface area contributed by atoms with Gasteiger partial charge in [-0.3, -0.25) is 0 Å². The quantitative estimate of drug-likeness (QED) is 0.255. The van der Waals surface area contributed by atoms with Crippen molar-refractivity contribution in [2.45, 2.75) is 90.9 Å². The number of rotatable bonds is 14. The molecule has 0 saturated heterocycles. The molecule has 0 unspecified atom stereocenters. The molecule has 0 radical (unpaired) electrons. The van der Waals surface area contributed by atoms with Crippen LogP contribution in [0.4, 0.5) is 0 Å². The van der Waals surface area contributed by atoms with Crippen LogP contribution in [0.5, 0.6) is 0 Å². The van der Waals surface area contributed by atoms with Crippen LogP contribution in [0, 0.1) is 0 Å². The first-order valence-corrected chi connectivity index (χ1v) is 12.5. The maximum Gasteiger partial charge on any atom is 0.471 e. The molecule has 0 amide bonds. The van der Waals surface area contributed by atoms with Crippen LogP contribution in [-0.2, 0) is 12.8 Å². The summed E-state index contributed by atoms with van der Waals surface area (Å²) in [4.78, 5) is 14.2. The zero-order valence-corrected chi connectivity index (χ0v) is 19.9. The van der Waals surface area contributed by atoms with E-state index in [-0.39, 0.29) is 5.69 Å². The number of tetrazole rings is 1. The Kier molecular flexibility index (Phi) is 9.73. The Labute approximate surface area is 192 Å². The standard InChI is InChI=1S/C27H38N4O/c1-3-5-7-9-11-15-23-17-13-19-25(21-23)30-27(32)28-31(29-30)26-20-14-18-24(22-26)16-12-10-8-6-4-2/h13-14,17-22H,3-12,15-16H2,1-2H3/p+1. The van der Waals surface area contributed by atoms with Crippen LogP contribution in [0.25, 0.3) is 11.4 Å². The van der Waals surface area contributed by atoms with Gasteiger partial charge >= 0.3 is 5.69 Å². The zero-order chi connectivity index (χ0) is 22.6. The van der Waals surface area contributed by atoms with Gasteiger partial charge in [-0.25, -0.2) is 4.79 Å². The minimum atomic E-state index is -0.227. The molecule has 2 aromatic carbocycles. The second kappa shape index (κ2) is 13.0. The third-order valence-electron chi connectivity index (χ3n) is 6.02. The van der Waals surface area contributed by atoms with Crippen LogP contribution in [0.15, 0.2) is 53.3 Å². The van der Waals surface area contributed by atoms with E-state index in [0.717, 1.165) is 24.2 Å². The van der Waals surface area contributed by atoms with Crippen molar-refractivity contribution in [3.8, 4) is 11.4 Å². The van der Waals surface area contributed by atoms with Crippen LogP contribution in [0.1, 0.15) is 89.2 Å². The Morgan fingerprint density at radius 2 is 1.38 bits per heavy atom. The lowest BCUT2D eigenvalue weighted by Crippen LogP contribution is -2.37. The van der Waals surface area contributed by atoms with E-state index in [1.165, 1.54) is 80.0 Å². The van der Waals surface area contributed by atoms with Gasteiger partial charge in [0.25, 0.3) is 0 Å². The number of aromatic nitrogens is 4. The minimum Gasteiger partial charge on any atom is -0.214 e. The number of unbranched alkanes of at least 4 members (excludes halogenated alkanes) is 8. The van der Waals surface area contributed by atoms with E-state index < -0.39 is 0 Å². The van der Waals surface area contributed by atoms with Crippen molar-refractivity contribution in [3.05, 3.63) is 70.1 Å². The molecule has 0 atom stereocenters. The monoisotopic (exact) mass is 435 g/mol. The van der Waals surface area contributed by atoms with Gasteiger partial charge < -0.3 is 0 Å². The molecular formula is C27H39N4O+. The summed E-state index contributed by atoms with van der Waals surface area (Å²) in [5.74, 6) is 0. The van der Waals surface area contributed by atoms with Crippen LogP contribution in [0.2, 0.25) is 0 Å². The van der Waals surface area contributed by atoms with Gasteiger partial charge in [-0.05, 0) is 70.6 Å². The summed E-state index contributed by atoms with van der Waals surface area (Å²) in [6, 6.07) is 16.5. The highest BCUT2D eigenvalue weighted by Crippen LogP contribution is 2.13. The number of nitrogens with one attached hydrogen (secondary N) is 1. The molecule has 32 heavy (non-hydrogen) atoms. The summed E-state index contributed by atoms with van der Waals surface area (Å²) < 4.78 is 1.46. The molecule has 0 aliphatic heterocycles. The Bertz CT molecular complexity index is 1000. The van der Waals surface area contributed by atoms with E-state index in [0.29, 0.717) is 0 Å². The van der Waals surface area contributed by atoms with Gasteiger partial charge in [0.05, 0.1) is 0 Å². The number of aromatic amines is 1. The predicted molar refractivity (Wildman–Crippen MR) is 131 cm³/mol. The molecule has 172 valence electrons. The zero-order valence-electron chi connectivity index (χ0n) is 19.9. The summed E-state index contributed by atoms with van der Waals surface area (Å²) in [6.07, 6.45) is 14.8. The molecule has 3 aromatic rings. The van der Waals surface area contributed by atoms with Crippen LogP contribution < -0.4 is 10.5 Å². The van der Waals surface area contributed by atoms with Crippen molar-refractivity contribution in [1.29, 1.82) is 0 Å². The van der Waals surface area contributed by atoms with Gasteiger partial charge in [-0.2, -0.15) is 0 Å². The van der Waals surface area contributed by atoms with Gasteiger partial charge in [-0.15, -0.1) is 5.10 Å². The number of nitrogens with zero attached hydrogens (tertiary/aromatic N) is 3. The molecule has 5 nitrogen and oxygen atoms in total. The van der Waals surface area contributed by atoms with E-state index in [1.807, 2.05) is 24.3 Å². The minimum absolute atomic E-state index is 0.227. The van der Waals surface area contributed by atoms with Crippen molar-refractivity contribution in [2.24, 2.45) is 0 Å². The third kappa shape index (κ3) is 7.18. The summed E-state index contributed by atoms with van der Waals surface area (Å²) in [6.45, 7) is 4.48. The fourth-order valence-corrected chi connectivity index (χ4v) is 4.13. The maximum atomic E-state index is 12.6. The Morgan fingerprint density at radius 1 is 0.781 bits per heavy atom. The first-order chi connectivity index (χ1) is 15.7. The van der Waals surface area contributed by atoms with Crippen molar-refractivity contribution >= 4 is 0 Å². The Morgan fingerprint density at radius 3 is 2.03 bits per heavy atom. The highest BCUT2D eigenvalue weighted by Gasteiger charge is 2.17. The SMILES string of the molecule is CCCCCCCc1cccc(-n2n[n+](-c3cccc(CCCCCCC)c3)[nH]c2=O)c1. The molecule has 1 aromatic heterocycles. The van der Waals surface area contributed by atoms with Crippen LogP contribution in [0.3, 0.4) is 0 Å². The number of aryl methyl sites for hydroxylation is 2. The lowest BCUT2D eigenvalue weighted by Gasteiger charge is -2.02. The van der Waals surface area contributed by atoms with E-state index >= 15 is 0 Å². The molecular weight excluding hydrogens is 396 g/mol. The van der Waals surface area contributed by atoms with E-state index in [1.54, 1.807) is 4.80 Å². The largest absolute Gasteiger partial charge is 0.471 e. The molecule has 1 heterocycles. The summed E-state index contributed by atoms with van der Waals surface area (Å²) in [5, 5.41) is 7.41. The average molecular weight is 436 g/mol. The fourth-order valence-electron chi connectivity index (χ4n) is 4.13. The highest BCUT2D eigenvalue weighted by molar-refractivity contribution is 5.34. The van der Waals surface area contributed by atoms with Crippen molar-refractivity contribution in [3.63, 3.8) is 0 Å². The smallest absolute Gasteiger partial charge is 0.214 e. The van der Waals surface area contributed by atoms with Crippen LogP contribution >= 0.6 is 0 Å². The molecule has 0 bridgehead atoms. The highest BCUT2D eigenvalue weighted by atomic mass is 16.2. The molecule has 0 spiro atoms. The van der Waals surface area contributed by atoms with Gasteiger partial charge in [-0.1, -0.05) is 89.5 Å². The molecule has 0 fully saturated rings. The van der Waals surface area contributed by atoms with E-state index in [9.17, 15) is 4.79 Å². The van der Waals surface area contributed by atoms with E-state index in [2.05, 4.69) is 48.4 Å². The van der Waals surface area contributed by atoms with E-state index in [4.69, 9.17) is 0 Å². The third-order valence-corrected chi connectivity index (χ3v) is 6.02. The van der Waals surface area contributed by atoms with Gasteiger partial charge in [0, 0.05) is 0 Å². The topological polar surface area (TPSA) is 54.6 Å². The van der Waals surface area contributed by atoms with Gasteiger partial charge in [0.2, 0.25) is 0 Å². The number of benzene rings is 2. The summed E-state index contributed by atoms with van der Waals surface area (Å²) >= 11 is 0. The Hall–Kier alpha value is -2.69. The van der Waals surface area contributed by atoms with Gasteiger partial charge in [0.1, 0.15) is 5.21 Å². The second-order valence-corrected chi connectivity index (χ2v) is 8.80.